The van der Waals surface area contributed by atoms with Gasteiger partial charge in [0, 0.05) is 30.1 Å². The fourth-order valence-corrected chi connectivity index (χ4v) is 2.31. The van der Waals surface area contributed by atoms with E-state index in [0.717, 1.165) is 16.6 Å². The normalized spacial score (nSPS) is 18.4. The number of para-hydroxylation sites is 1. The highest BCUT2D eigenvalue weighted by molar-refractivity contribution is 5.78. The first-order chi connectivity index (χ1) is 9.12. The van der Waals surface area contributed by atoms with Crippen molar-refractivity contribution in [2.45, 2.75) is 37.8 Å². The molecule has 1 atom stereocenters. The minimum Gasteiger partial charge on any atom is -0.388 e. The molecule has 1 aromatic heterocycles. The van der Waals surface area contributed by atoms with Crippen LogP contribution in [0.4, 0.5) is 0 Å². The third-order valence-electron chi connectivity index (χ3n) is 3.57. The lowest BCUT2D eigenvalue weighted by molar-refractivity contribution is 0.0589. The first-order valence-corrected chi connectivity index (χ1v) is 6.93. The maximum atomic E-state index is 10.4. The molecule has 1 aliphatic carbocycles. The number of rotatable bonds is 5. The summed E-state index contributed by atoms with van der Waals surface area (Å²) in [5, 5.41) is 14.9. The van der Waals surface area contributed by atoms with E-state index in [9.17, 15) is 5.11 Å². The molecule has 2 N–H and O–H groups in total. The Morgan fingerprint density at radius 3 is 2.84 bits per heavy atom. The summed E-state index contributed by atoms with van der Waals surface area (Å²) in [6.45, 7) is 2.51. The summed E-state index contributed by atoms with van der Waals surface area (Å²) < 4.78 is 0. The molecule has 0 bridgehead atoms. The highest BCUT2D eigenvalue weighted by Gasteiger charge is 2.27. The molecule has 1 aliphatic rings. The van der Waals surface area contributed by atoms with E-state index in [1.54, 1.807) is 0 Å². The quantitative estimate of drug-likeness (QED) is 0.862. The maximum Gasteiger partial charge on any atom is 0.0798 e. The molecule has 0 saturated heterocycles. The van der Waals surface area contributed by atoms with E-state index < -0.39 is 5.60 Å². The first kappa shape index (κ1) is 12.6. The van der Waals surface area contributed by atoms with Gasteiger partial charge < -0.3 is 10.4 Å². The lowest BCUT2D eigenvalue weighted by atomic mass is 9.99. The van der Waals surface area contributed by atoms with Crippen molar-refractivity contribution in [3.05, 3.63) is 42.1 Å². The molecule has 0 aliphatic heterocycles. The van der Waals surface area contributed by atoms with Crippen LogP contribution in [0, 0.1) is 0 Å². The Hall–Kier alpha value is -1.45. The molecular formula is C16H20N2O. The Bertz CT molecular complexity index is 576. The number of hydrogen-bond acceptors (Lipinski definition) is 3. The predicted molar refractivity (Wildman–Crippen MR) is 77.1 cm³/mol. The number of nitrogens with zero attached hydrogens (tertiary/aromatic N) is 1. The van der Waals surface area contributed by atoms with Crippen molar-refractivity contribution in [3.8, 4) is 0 Å². The number of aromatic nitrogens is 1. The van der Waals surface area contributed by atoms with Crippen LogP contribution in [-0.2, 0) is 6.42 Å². The lowest BCUT2D eigenvalue weighted by Crippen LogP contribution is -2.40. The molecule has 3 nitrogen and oxygen atoms in total. The highest BCUT2D eigenvalue weighted by atomic mass is 16.3. The van der Waals surface area contributed by atoms with Crippen molar-refractivity contribution in [2.24, 2.45) is 0 Å². The molecule has 100 valence electrons. The molecule has 2 aromatic rings. The van der Waals surface area contributed by atoms with Crippen LogP contribution >= 0.6 is 0 Å². The zero-order chi connectivity index (χ0) is 13.3. The number of fused-ring (bicyclic) bond motifs is 1. The van der Waals surface area contributed by atoms with Gasteiger partial charge >= 0.3 is 0 Å². The molecule has 0 spiro atoms. The largest absolute Gasteiger partial charge is 0.388 e. The van der Waals surface area contributed by atoms with Crippen LogP contribution in [0.2, 0.25) is 0 Å². The SMILES string of the molecule is CC(O)(CNC1CC1)Cc1ccc2ccccc2n1. The van der Waals surface area contributed by atoms with Crippen LogP contribution in [0.3, 0.4) is 0 Å². The van der Waals surface area contributed by atoms with Gasteiger partial charge in [-0.25, -0.2) is 0 Å². The Morgan fingerprint density at radius 2 is 2.05 bits per heavy atom. The van der Waals surface area contributed by atoms with Gasteiger partial charge in [0.05, 0.1) is 11.1 Å². The van der Waals surface area contributed by atoms with Crippen molar-refractivity contribution in [3.63, 3.8) is 0 Å². The lowest BCUT2D eigenvalue weighted by Gasteiger charge is -2.23. The second-order valence-electron chi connectivity index (χ2n) is 5.82. The number of pyridine rings is 1. The molecule has 1 fully saturated rings. The van der Waals surface area contributed by atoms with Gasteiger partial charge in [0.1, 0.15) is 0 Å². The summed E-state index contributed by atoms with van der Waals surface area (Å²) >= 11 is 0. The molecule has 1 aromatic carbocycles. The van der Waals surface area contributed by atoms with Crippen LogP contribution in [0.15, 0.2) is 36.4 Å². The van der Waals surface area contributed by atoms with Crippen LogP contribution in [-0.4, -0.2) is 28.3 Å². The Morgan fingerprint density at radius 1 is 1.26 bits per heavy atom. The topological polar surface area (TPSA) is 45.1 Å². The summed E-state index contributed by atoms with van der Waals surface area (Å²) in [5.74, 6) is 0. The van der Waals surface area contributed by atoms with Crippen molar-refractivity contribution in [1.29, 1.82) is 0 Å². The second-order valence-corrected chi connectivity index (χ2v) is 5.82. The van der Waals surface area contributed by atoms with E-state index in [-0.39, 0.29) is 0 Å². The van der Waals surface area contributed by atoms with Gasteiger partial charge in [0.15, 0.2) is 0 Å². The van der Waals surface area contributed by atoms with Gasteiger partial charge in [0.25, 0.3) is 0 Å². The number of aliphatic hydroxyl groups is 1. The van der Waals surface area contributed by atoms with Crippen LogP contribution in [0.5, 0.6) is 0 Å². The zero-order valence-electron chi connectivity index (χ0n) is 11.3. The van der Waals surface area contributed by atoms with E-state index >= 15 is 0 Å². The number of hydrogen-bond donors (Lipinski definition) is 2. The smallest absolute Gasteiger partial charge is 0.0798 e. The van der Waals surface area contributed by atoms with Crippen molar-refractivity contribution < 1.29 is 5.11 Å². The van der Waals surface area contributed by atoms with Gasteiger partial charge in [-0.05, 0) is 31.9 Å². The van der Waals surface area contributed by atoms with Gasteiger partial charge in [-0.1, -0.05) is 24.3 Å². The van der Waals surface area contributed by atoms with E-state index in [1.807, 2.05) is 31.2 Å². The van der Waals surface area contributed by atoms with Crippen molar-refractivity contribution >= 4 is 10.9 Å². The minimum atomic E-state index is -0.738. The maximum absolute atomic E-state index is 10.4. The minimum absolute atomic E-state index is 0.581. The molecule has 3 rings (SSSR count). The van der Waals surface area contributed by atoms with Crippen molar-refractivity contribution in [2.75, 3.05) is 6.54 Å². The van der Waals surface area contributed by atoms with E-state index in [4.69, 9.17) is 0 Å². The predicted octanol–water partition coefficient (Wildman–Crippen LogP) is 2.28. The first-order valence-electron chi connectivity index (χ1n) is 6.93. The molecule has 0 radical (unpaired) electrons. The van der Waals surface area contributed by atoms with Crippen molar-refractivity contribution in [1.82, 2.24) is 10.3 Å². The summed E-state index contributed by atoms with van der Waals surface area (Å²) in [6, 6.07) is 12.8. The van der Waals surface area contributed by atoms with Crippen LogP contribution in [0.25, 0.3) is 10.9 Å². The van der Waals surface area contributed by atoms with Gasteiger partial charge in [-0.2, -0.15) is 0 Å². The molecular weight excluding hydrogens is 236 g/mol. The summed E-state index contributed by atoms with van der Waals surface area (Å²) in [6.07, 6.45) is 3.06. The van der Waals surface area contributed by atoms with Gasteiger partial charge in [0.2, 0.25) is 0 Å². The molecule has 3 heteroatoms. The monoisotopic (exact) mass is 256 g/mol. The number of benzene rings is 1. The van der Waals surface area contributed by atoms with Crippen LogP contribution in [0.1, 0.15) is 25.5 Å². The van der Waals surface area contributed by atoms with Gasteiger partial charge in [-0.3, -0.25) is 4.98 Å². The summed E-state index contributed by atoms with van der Waals surface area (Å²) in [5.41, 5.74) is 1.20. The second kappa shape index (κ2) is 4.91. The third-order valence-corrected chi connectivity index (χ3v) is 3.57. The molecule has 19 heavy (non-hydrogen) atoms. The summed E-state index contributed by atoms with van der Waals surface area (Å²) in [4.78, 5) is 4.62. The highest BCUT2D eigenvalue weighted by Crippen LogP contribution is 2.21. The fourth-order valence-electron chi connectivity index (χ4n) is 2.31. The number of nitrogens with one attached hydrogen (secondary N) is 1. The third kappa shape index (κ3) is 3.31. The average Bonchev–Trinajstić information content (AvgIpc) is 3.20. The standard InChI is InChI=1S/C16H20N2O/c1-16(19,11-17-13-8-9-13)10-14-7-6-12-4-2-3-5-15(12)18-14/h2-7,13,17,19H,8-11H2,1H3. The molecule has 1 unspecified atom stereocenters. The fraction of sp³-hybridized carbons (Fsp3) is 0.438. The van der Waals surface area contributed by atoms with E-state index in [0.29, 0.717) is 19.0 Å². The average molecular weight is 256 g/mol. The molecule has 1 heterocycles. The molecule has 1 saturated carbocycles. The van der Waals surface area contributed by atoms with Gasteiger partial charge in [-0.15, -0.1) is 0 Å². The molecule has 0 amide bonds. The Balaban J connectivity index is 1.72. The van der Waals surface area contributed by atoms with Crippen LogP contribution < -0.4 is 5.32 Å². The Labute approximate surface area is 113 Å². The zero-order valence-corrected chi connectivity index (χ0v) is 11.3. The summed E-state index contributed by atoms with van der Waals surface area (Å²) in [7, 11) is 0. The van der Waals surface area contributed by atoms with E-state index in [2.05, 4.69) is 22.4 Å². The Kier molecular flexibility index (Phi) is 3.25. The van der Waals surface area contributed by atoms with E-state index in [1.165, 1.54) is 12.8 Å².